The lowest BCUT2D eigenvalue weighted by atomic mass is 9.84. The number of fused-ring (bicyclic) bond motifs is 9. The van der Waals surface area contributed by atoms with Gasteiger partial charge in [0.05, 0.1) is 16.6 Å². The van der Waals surface area contributed by atoms with Gasteiger partial charge in [-0.15, -0.1) is 11.3 Å². The summed E-state index contributed by atoms with van der Waals surface area (Å²) in [5, 5.41) is 11.0. The van der Waals surface area contributed by atoms with Crippen molar-refractivity contribution in [2.24, 2.45) is 0 Å². The van der Waals surface area contributed by atoms with Crippen molar-refractivity contribution in [3.8, 4) is 22.3 Å². The minimum Gasteiger partial charge on any atom is -0.254 e. The summed E-state index contributed by atoms with van der Waals surface area (Å²) < 4.78 is 2.64. The van der Waals surface area contributed by atoms with Crippen molar-refractivity contribution in [1.29, 1.82) is 0 Å². The SMILES string of the molecule is c1cnc2c(c1)ccc1c(-c3c4ccccc4c(-c4ccc5c(c4)sc4ccccc45)c4ccccc34)c3ccccc3nc12. The third kappa shape index (κ3) is 3.56. The van der Waals surface area contributed by atoms with Gasteiger partial charge in [0.1, 0.15) is 0 Å². The lowest BCUT2D eigenvalue weighted by Crippen LogP contribution is -1.95. The van der Waals surface area contributed by atoms with Crippen LogP contribution in [0.4, 0.5) is 0 Å². The second-order valence-electron chi connectivity index (χ2n) is 11.7. The van der Waals surface area contributed by atoms with E-state index in [0.717, 1.165) is 32.7 Å². The minimum atomic E-state index is 0.934. The molecule has 0 saturated carbocycles. The molecule has 0 fully saturated rings. The van der Waals surface area contributed by atoms with Crippen LogP contribution in [0, 0.1) is 0 Å². The van der Waals surface area contributed by atoms with Crippen molar-refractivity contribution < 1.29 is 0 Å². The highest BCUT2D eigenvalue weighted by Crippen LogP contribution is 2.48. The Kier molecular flexibility index (Phi) is 5.19. The van der Waals surface area contributed by atoms with Crippen molar-refractivity contribution >= 4 is 85.8 Å². The average Bonchev–Trinajstić information content (AvgIpc) is 3.47. The van der Waals surface area contributed by atoms with Gasteiger partial charge in [-0.05, 0) is 62.5 Å². The first-order valence-corrected chi connectivity index (χ1v) is 16.1. The first kappa shape index (κ1) is 24.8. The van der Waals surface area contributed by atoms with Gasteiger partial charge < -0.3 is 0 Å². The van der Waals surface area contributed by atoms with Crippen LogP contribution >= 0.6 is 11.3 Å². The fourth-order valence-electron chi connectivity index (χ4n) is 7.35. The molecule has 0 unspecified atom stereocenters. The van der Waals surface area contributed by atoms with Gasteiger partial charge in [-0.3, -0.25) is 4.98 Å². The Bertz CT molecular complexity index is 2770. The average molecular weight is 589 g/mol. The van der Waals surface area contributed by atoms with Gasteiger partial charge in [-0.1, -0.05) is 115 Å². The number of aromatic nitrogens is 2. The fourth-order valence-corrected chi connectivity index (χ4v) is 8.50. The van der Waals surface area contributed by atoms with Crippen molar-refractivity contribution in [3.63, 3.8) is 0 Å². The van der Waals surface area contributed by atoms with E-state index in [0.29, 0.717) is 0 Å². The Balaban J connectivity index is 1.37. The highest BCUT2D eigenvalue weighted by atomic mass is 32.1. The number of hydrogen-bond donors (Lipinski definition) is 0. The number of para-hydroxylation sites is 1. The van der Waals surface area contributed by atoms with Crippen LogP contribution in [0.3, 0.4) is 0 Å². The summed E-state index contributed by atoms with van der Waals surface area (Å²) in [5.74, 6) is 0. The van der Waals surface area contributed by atoms with Crippen molar-refractivity contribution in [2.45, 2.75) is 0 Å². The molecule has 0 aliphatic heterocycles. The molecule has 2 nitrogen and oxygen atoms in total. The first-order chi connectivity index (χ1) is 22.3. The standard InChI is InChI=1S/C42H24N2S/c1-3-14-31-29(12-1)38(26-20-21-28-27-11-6-8-18-36(27)45-37(28)24-26)30-13-2-4-15-32(30)39(31)40-33-16-5-7-17-35(33)44-42-34(40)22-19-25-10-9-23-43-41(25)42/h1-24H. The quantitative estimate of drug-likeness (QED) is 0.148. The van der Waals surface area contributed by atoms with Gasteiger partial charge >= 0.3 is 0 Å². The van der Waals surface area contributed by atoms with Crippen LogP contribution in [0.15, 0.2) is 146 Å². The summed E-state index contributed by atoms with van der Waals surface area (Å²) in [6, 6.07) is 50.6. The maximum absolute atomic E-state index is 5.20. The summed E-state index contributed by atoms with van der Waals surface area (Å²) in [4.78, 5) is 10.0. The van der Waals surface area contributed by atoms with Crippen LogP contribution in [0.2, 0.25) is 0 Å². The Morgan fingerprint density at radius 2 is 1.00 bits per heavy atom. The van der Waals surface area contributed by atoms with Crippen LogP contribution in [-0.2, 0) is 0 Å². The zero-order valence-corrected chi connectivity index (χ0v) is 25.0. The molecule has 0 spiro atoms. The number of thiophene rings is 1. The molecule has 0 saturated heterocycles. The molecule has 45 heavy (non-hydrogen) atoms. The van der Waals surface area contributed by atoms with Gasteiger partial charge in [0.25, 0.3) is 0 Å². The maximum Gasteiger partial charge on any atom is 0.0978 e. The maximum atomic E-state index is 5.20. The largest absolute Gasteiger partial charge is 0.254 e. The number of benzene rings is 7. The predicted molar refractivity (Wildman–Crippen MR) is 193 cm³/mol. The topological polar surface area (TPSA) is 25.8 Å². The summed E-state index contributed by atoms with van der Waals surface area (Å²) >= 11 is 1.87. The van der Waals surface area contributed by atoms with E-state index in [1.165, 1.54) is 64.0 Å². The van der Waals surface area contributed by atoms with Crippen molar-refractivity contribution in [2.75, 3.05) is 0 Å². The summed E-state index contributed by atoms with van der Waals surface area (Å²) in [7, 11) is 0. The Hall–Kier alpha value is -5.64. The molecule has 0 bridgehead atoms. The molecule has 0 aliphatic carbocycles. The van der Waals surface area contributed by atoms with E-state index in [1.54, 1.807) is 0 Å². The number of nitrogens with zero attached hydrogens (tertiary/aromatic N) is 2. The molecule has 208 valence electrons. The van der Waals surface area contributed by atoms with Gasteiger partial charge in [0, 0.05) is 48.1 Å². The molecule has 10 aromatic rings. The van der Waals surface area contributed by atoms with Crippen LogP contribution in [-0.4, -0.2) is 9.97 Å². The number of rotatable bonds is 2. The van der Waals surface area contributed by atoms with Gasteiger partial charge in [0.15, 0.2) is 0 Å². The normalized spacial score (nSPS) is 12.0. The molecule has 3 heterocycles. The molecule has 3 aromatic heterocycles. The van der Waals surface area contributed by atoms with E-state index in [4.69, 9.17) is 9.97 Å². The Labute approximate surface area is 262 Å². The fraction of sp³-hybridized carbons (Fsp3) is 0. The van der Waals surface area contributed by atoms with Crippen LogP contribution in [0.1, 0.15) is 0 Å². The monoisotopic (exact) mass is 588 g/mol. The highest BCUT2D eigenvalue weighted by Gasteiger charge is 2.21. The molecule has 0 atom stereocenters. The van der Waals surface area contributed by atoms with E-state index in [1.807, 2.05) is 23.6 Å². The second kappa shape index (κ2) is 9.43. The number of hydrogen-bond acceptors (Lipinski definition) is 3. The predicted octanol–water partition coefficient (Wildman–Crippen LogP) is 11.9. The van der Waals surface area contributed by atoms with Gasteiger partial charge in [-0.25, -0.2) is 4.98 Å². The molecule has 0 radical (unpaired) electrons. The van der Waals surface area contributed by atoms with Crippen molar-refractivity contribution in [1.82, 2.24) is 9.97 Å². The zero-order chi connectivity index (χ0) is 29.5. The molecule has 10 rings (SSSR count). The Morgan fingerprint density at radius 1 is 0.400 bits per heavy atom. The number of pyridine rings is 2. The lowest BCUT2D eigenvalue weighted by Gasteiger charge is -2.20. The minimum absolute atomic E-state index is 0.934. The smallest absolute Gasteiger partial charge is 0.0978 e. The summed E-state index contributed by atoms with van der Waals surface area (Å²) in [6.45, 7) is 0. The molecule has 0 aliphatic rings. The van der Waals surface area contributed by atoms with E-state index in [2.05, 4.69) is 133 Å². The van der Waals surface area contributed by atoms with Crippen LogP contribution in [0.5, 0.6) is 0 Å². The molecule has 0 amide bonds. The van der Waals surface area contributed by atoms with Crippen LogP contribution < -0.4 is 0 Å². The van der Waals surface area contributed by atoms with E-state index >= 15 is 0 Å². The summed E-state index contributed by atoms with van der Waals surface area (Å²) in [5.41, 5.74) is 7.82. The summed E-state index contributed by atoms with van der Waals surface area (Å²) in [6.07, 6.45) is 1.87. The third-order valence-corrected chi connectivity index (χ3v) is 10.4. The Morgan fingerprint density at radius 3 is 1.78 bits per heavy atom. The second-order valence-corrected chi connectivity index (χ2v) is 12.8. The molecular weight excluding hydrogens is 565 g/mol. The first-order valence-electron chi connectivity index (χ1n) is 15.3. The third-order valence-electron chi connectivity index (χ3n) is 9.27. The van der Waals surface area contributed by atoms with Crippen molar-refractivity contribution in [3.05, 3.63) is 146 Å². The van der Waals surface area contributed by atoms with E-state index in [-0.39, 0.29) is 0 Å². The van der Waals surface area contributed by atoms with E-state index in [9.17, 15) is 0 Å². The van der Waals surface area contributed by atoms with Gasteiger partial charge in [0.2, 0.25) is 0 Å². The molecular formula is C42H24N2S. The van der Waals surface area contributed by atoms with E-state index < -0.39 is 0 Å². The van der Waals surface area contributed by atoms with Gasteiger partial charge in [-0.2, -0.15) is 0 Å². The molecule has 0 N–H and O–H groups in total. The highest BCUT2D eigenvalue weighted by molar-refractivity contribution is 7.25. The van der Waals surface area contributed by atoms with Crippen LogP contribution in [0.25, 0.3) is 96.7 Å². The molecule has 3 heteroatoms. The molecule has 7 aromatic carbocycles. The zero-order valence-electron chi connectivity index (χ0n) is 24.2. The lowest BCUT2D eigenvalue weighted by molar-refractivity contribution is 1.40.